The van der Waals surface area contributed by atoms with E-state index in [1.165, 1.54) is 44.2 Å². The van der Waals surface area contributed by atoms with E-state index in [9.17, 15) is 0 Å². The minimum absolute atomic E-state index is 0.701. The molecule has 214 valence electrons. The molecule has 0 atom stereocenters. The van der Waals surface area contributed by atoms with Gasteiger partial charge in [0.25, 0.3) is 0 Å². The van der Waals surface area contributed by atoms with Crippen molar-refractivity contribution in [2.75, 3.05) is 0 Å². The highest BCUT2D eigenvalue weighted by atomic mass is 14.9. The molecule has 0 unspecified atom stereocenters. The third kappa shape index (κ3) is 4.41. The van der Waals surface area contributed by atoms with E-state index in [0.29, 0.717) is 5.82 Å². The average molecular weight is 586 g/mol. The van der Waals surface area contributed by atoms with E-state index in [0.717, 1.165) is 39.3 Å². The molecular formula is C43H27N3. The molecule has 9 rings (SSSR count). The van der Waals surface area contributed by atoms with Gasteiger partial charge in [0.15, 0.2) is 5.82 Å². The molecule has 0 aliphatic heterocycles. The lowest BCUT2D eigenvalue weighted by molar-refractivity contribution is 1.18. The molecule has 3 nitrogen and oxygen atoms in total. The molecule has 6 aromatic carbocycles. The van der Waals surface area contributed by atoms with Crippen molar-refractivity contribution in [3.63, 3.8) is 0 Å². The molecule has 46 heavy (non-hydrogen) atoms. The molecular weight excluding hydrogens is 558 g/mol. The number of nitrogens with zero attached hydrogens (tertiary/aromatic N) is 3. The summed E-state index contributed by atoms with van der Waals surface area (Å²) in [4.78, 5) is 14.6. The third-order valence-electron chi connectivity index (χ3n) is 8.94. The van der Waals surface area contributed by atoms with Crippen molar-refractivity contribution in [2.45, 2.75) is 0 Å². The second kappa shape index (κ2) is 10.8. The second-order valence-corrected chi connectivity index (χ2v) is 11.6. The van der Waals surface area contributed by atoms with E-state index in [2.05, 4.69) is 126 Å². The van der Waals surface area contributed by atoms with E-state index >= 15 is 0 Å². The highest BCUT2D eigenvalue weighted by Gasteiger charge is 2.22. The number of hydrogen-bond donors (Lipinski definition) is 0. The minimum Gasteiger partial charge on any atom is -0.256 e. The zero-order chi connectivity index (χ0) is 30.5. The fourth-order valence-corrected chi connectivity index (χ4v) is 6.69. The van der Waals surface area contributed by atoms with Crippen molar-refractivity contribution in [3.8, 4) is 78.5 Å². The normalized spacial score (nSPS) is 11.5. The van der Waals surface area contributed by atoms with Crippen molar-refractivity contribution < 1.29 is 0 Å². The lowest BCUT2D eigenvalue weighted by atomic mass is 9.94. The number of fused-ring (bicyclic) bond motifs is 3. The molecule has 0 N–H and O–H groups in total. The van der Waals surface area contributed by atoms with Crippen LogP contribution in [0.3, 0.4) is 0 Å². The van der Waals surface area contributed by atoms with Gasteiger partial charge in [0, 0.05) is 28.5 Å². The molecule has 1 aliphatic rings. The Morgan fingerprint density at radius 1 is 0.326 bits per heavy atom. The van der Waals surface area contributed by atoms with Gasteiger partial charge in [0.1, 0.15) is 0 Å². The highest BCUT2D eigenvalue weighted by molar-refractivity contribution is 6.18. The summed E-state index contributed by atoms with van der Waals surface area (Å²) in [5.74, 6) is 0.701. The van der Waals surface area contributed by atoms with Gasteiger partial charge in [0.2, 0.25) is 0 Å². The fraction of sp³-hybridized carbons (Fsp3) is 0. The Hall–Kier alpha value is -6.19. The SMILES string of the molecule is c1ccc(-c2cc(-c3ccc(-c4ccccn4)cc3)nc(-c3ccc(-c4ccc5c6c(cccc46)-c4ccccc4-5)cc3)n2)cc1. The summed E-state index contributed by atoms with van der Waals surface area (Å²) in [6.07, 6.45) is 1.82. The van der Waals surface area contributed by atoms with Gasteiger partial charge in [-0.05, 0) is 62.4 Å². The standard InChI is InChI=1S/C43H27N3/c1-2-9-29(10-3-1)40-27-41(31-20-18-30(19-21-31)39-15-6-7-26-44-39)46-43(45-40)32-22-16-28(17-23-32)33-24-25-38-35-12-5-4-11-34(35)37-14-8-13-36(33)42(37)38/h1-27H. The first-order chi connectivity index (χ1) is 22.8. The van der Waals surface area contributed by atoms with E-state index in [-0.39, 0.29) is 0 Å². The van der Waals surface area contributed by atoms with E-state index in [1.54, 1.807) is 0 Å². The van der Waals surface area contributed by atoms with Crippen molar-refractivity contribution >= 4 is 10.8 Å². The van der Waals surface area contributed by atoms with Gasteiger partial charge in [-0.1, -0.05) is 140 Å². The summed E-state index contributed by atoms with van der Waals surface area (Å²) in [5.41, 5.74) is 14.5. The van der Waals surface area contributed by atoms with Crippen LogP contribution < -0.4 is 0 Å². The van der Waals surface area contributed by atoms with Crippen molar-refractivity contribution in [3.05, 3.63) is 164 Å². The summed E-state index contributed by atoms with van der Waals surface area (Å²) in [5, 5.41) is 2.61. The van der Waals surface area contributed by atoms with Crippen LogP contribution >= 0.6 is 0 Å². The Morgan fingerprint density at radius 3 is 1.57 bits per heavy atom. The average Bonchev–Trinajstić information content (AvgIpc) is 3.47. The van der Waals surface area contributed by atoms with Crippen LogP contribution in [-0.2, 0) is 0 Å². The first kappa shape index (κ1) is 26.2. The summed E-state index contributed by atoms with van der Waals surface area (Å²) < 4.78 is 0. The Balaban J connectivity index is 1.11. The molecule has 0 fully saturated rings. The van der Waals surface area contributed by atoms with Crippen molar-refractivity contribution in [1.29, 1.82) is 0 Å². The van der Waals surface area contributed by atoms with Crippen LogP contribution in [-0.4, -0.2) is 15.0 Å². The smallest absolute Gasteiger partial charge is 0.160 e. The predicted octanol–water partition coefficient (Wildman–Crippen LogP) is 11.0. The van der Waals surface area contributed by atoms with Crippen molar-refractivity contribution in [2.24, 2.45) is 0 Å². The number of aromatic nitrogens is 3. The lowest BCUT2D eigenvalue weighted by Crippen LogP contribution is -1.96. The third-order valence-corrected chi connectivity index (χ3v) is 8.94. The lowest BCUT2D eigenvalue weighted by Gasteiger charge is -2.12. The van der Waals surface area contributed by atoms with Crippen LogP contribution in [0.1, 0.15) is 0 Å². The quantitative estimate of drug-likeness (QED) is 0.202. The fourth-order valence-electron chi connectivity index (χ4n) is 6.69. The summed E-state index contributed by atoms with van der Waals surface area (Å²) in [6, 6.07) is 55.4. The maximum Gasteiger partial charge on any atom is 0.160 e. The summed E-state index contributed by atoms with van der Waals surface area (Å²) >= 11 is 0. The van der Waals surface area contributed by atoms with Crippen LogP contribution in [0.25, 0.3) is 89.3 Å². The van der Waals surface area contributed by atoms with Gasteiger partial charge < -0.3 is 0 Å². The van der Waals surface area contributed by atoms with Gasteiger partial charge in [-0.15, -0.1) is 0 Å². The first-order valence-corrected chi connectivity index (χ1v) is 15.5. The molecule has 0 amide bonds. The van der Waals surface area contributed by atoms with Gasteiger partial charge >= 0.3 is 0 Å². The van der Waals surface area contributed by atoms with Crippen LogP contribution in [0.4, 0.5) is 0 Å². The Morgan fingerprint density at radius 2 is 0.870 bits per heavy atom. The maximum absolute atomic E-state index is 5.08. The Labute approximate surface area is 267 Å². The zero-order valence-corrected chi connectivity index (χ0v) is 24.9. The number of benzene rings is 6. The van der Waals surface area contributed by atoms with Crippen LogP contribution in [0, 0.1) is 0 Å². The molecule has 1 aliphatic carbocycles. The topological polar surface area (TPSA) is 38.7 Å². The van der Waals surface area contributed by atoms with Gasteiger partial charge in [-0.3, -0.25) is 4.98 Å². The molecule has 2 aromatic heterocycles. The molecule has 0 spiro atoms. The first-order valence-electron chi connectivity index (χ1n) is 15.5. The number of rotatable bonds is 5. The Kier molecular flexibility index (Phi) is 6.14. The van der Waals surface area contributed by atoms with E-state index < -0.39 is 0 Å². The Bertz CT molecular complexity index is 2350. The minimum atomic E-state index is 0.701. The van der Waals surface area contributed by atoms with Crippen LogP contribution in [0.2, 0.25) is 0 Å². The number of pyridine rings is 1. The monoisotopic (exact) mass is 585 g/mol. The molecule has 0 bridgehead atoms. The van der Waals surface area contributed by atoms with E-state index in [1.807, 2.05) is 42.6 Å². The van der Waals surface area contributed by atoms with E-state index in [4.69, 9.17) is 9.97 Å². The molecule has 8 aromatic rings. The van der Waals surface area contributed by atoms with Crippen molar-refractivity contribution in [1.82, 2.24) is 15.0 Å². The largest absolute Gasteiger partial charge is 0.256 e. The summed E-state index contributed by atoms with van der Waals surface area (Å²) in [6.45, 7) is 0. The molecule has 0 saturated carbocycles. The van der Waals surface area contributed by atoms with Gasteiger partial charge in [-0.25, -0.2) is 9.97 Å². The molecule has 2 heterocycles. The molecule has 0 radical (unpaired) electrons. The van der Waals surface area contributed by atoms with Gasteiger partial charge in [-0.2, -0.15) is 0 Å². The molecule has 3 heteroatoms. The second-order valence-electron chi connectivity index (χ2n) is 11.6. The van der Waals surface area contributed by atoms with Crippen LogP contribution in [0.15, 0.2) is 164 Å². The zero-order valence-electron chi connectivity index (χ0n) is 24.9. The summed E-state index contributed by atoms with van der Waals surface area (Å²) in [7, 11) is 0. The maximum atomic E-state index is 5.08. The van der Waals surface area contributed by atoms with Crippen LogP contribution in [0.5, 0.6) is 0 Å². The number of hydrogen-bond acceptors (Lipinski definition) is 3. The highest BCUT2D eigenvalue weighted by Crippen LogP contribution is 2.49. The van der Waals surface area contributed by atoms with Gasteiger partial charge in [0.05, 0.1) is 17.1 Å². The predicted molar refractivity (Wildman–Crippen MR) is 189 cm³/mol. The molecule has 0 saturated heterocycles.